The maximum Gasteiger partial charge on any atom is 0.273 e. The molecule has 0 fully saturated rings. The fraction of sp³-hybridized carbons (Fsp3) is 0.259. The van der Waals surface area contributed by atoms with Crippen LogP contribution in [0, 0.1) is 5.92 Å². The lowest BCUT2D eigenvalue weighted by molar-refractivity contribution is -0.114. The van der Waals surface area contributed by atoms with E-state index >= 15 is 0 Å². The largest absolute Gasteiger partial charge is 0.489 e. The number of fused-ring (bicyclic) bond motifs is 1. The summed E-state index contributed by atoms with van der Waals surface area (Å²) in [5, 5.41) is 6.51. The Kier molecular flexibility index (Phi) is 6.55. The number of oxime groups is 1. The first-order valence-corrected chi connectivity index (χ1v) is 10.8. The Hall–Kier alpha value is -3.60. The Morgan fingerprint density at radius 3 is 2.50 bits per heavy atom. The third-order valence-electron chi connectivity index (χ3n) is 6.03. The highest BCUT2D eigenvalue weighted by Gasteiger charge is 2.30. The van der Waals surface area contributed by atoms with Crippen LogP contribution in [-0.4, -0.2) is 25.8 Å². The van der Waals surface area contributed by atoms with Crippen molar-refractivity contribution in [3.05, 3.63) is 101 Å². The molecule has 2 atom stereocenters. The van der Waals surface area contributed by atoms with E-state index in [2.05, 4.69) is 53.8 Å². The van der Waals surface area contributed by atoms with E-state index in [1.807, 2.05) is 36.4 Å². The number of nitrogens with zero attached hydrogens (tertiary/aromatic N) is 1. The SMILES string of the molecule is CNC(=O)C(=NOC)c1ccccc1COc1ccc(C2c3ccccc3CC2C)cc1. The van der Waals surface area contributed by atoms with Crippen LogP contribution in [0.1, 0.15) is 40.7 Å². The predicted octanol–water partition coefficient (Wildman–Crippen LogP) is 4.69. The van der Waals surface area contributed by atoms with Gasteiger partial charge in [-0.15, -0.1) is 0 Å². The molecule has 0 spiro atoms. The number of hydrogen-bond donors (Lipinski definition) is 1. The number of ether oxygens (including phenoxy) is 1. The first kappa shape index (κ1) is 21.6. The summed E-state index contributed by atoms with van der Waals surface area (Å²) in [5.41, 5.74) is 5.95. The monoisotopic (exact) mass is 428 g/mol. The van der Waals surface area contributed by atoms with Crippen molar-refractivity contribution < 1.29 is 14.4 Å². The van der Waals surface area contributed by atoms with Gasteiger partial charge in [0.25, 0.3) is 5.91 Å². The molecule has 0 bridgehead atoms. The second-order valence-electron chi connectivity index (χ2n) is 8.07. The summed E-state index contributed by atoms with van der Waals surface area (Å²) < 4.78 is 6.06. The molecule has 5 nitrogen and oxygen atoms in total. The third-order valence-corrected chi connectivity index (χ3v) is 6.03. The zero-order valence-electron chi connectivity index (χ0n) is 18.7. The van der Waals surface area contributed by atoms with E-state index in [1.54, 1.807) is 7.05 Å². The topological polar surface area (TPSA) is 59.9 Å². The highest BCUT2D eigenvalue weighted by atomic mass is 16.6. The Bertz CT molecular complexity index is 1120. The molecular weight excluding hydrogens is 400 g/mol. The van der Waals surface area contributed by atoms with Crippen molar-refractivity contribution >= 4 is 11.6 Å². The Morgan fingerprint density at radius 1 is 1.03 bits per heavy atom. The van der Waals surface area contributed by atoms with Gasteiger partial charge in [-0.25, -0.2) is 0 Å². The summed E-state index contributed by atoms with van der Waals surface area (Å²) in [6.45, 7) is 2.63. The molecule has 1 aliphatic carbocycles. The highest BCUT2D eigenvalue weighted by Crippen LogP contribution is 2.42. The third kappa shape index (κ3) is 4.37. The molecule has 1 aliphatic rings. The van der Waals surface area contributed by atoms with Crippen LogP contribution in [0.15, 0.2) is 78.0 Å². The number of carbonyl (C=O) groups is 1. The predicted molar refractivity (Wildman–Crippen MR) is 126 cm³/mol. The highest BCUT2D eigenvalue weighted by molar-refractivity contribution is 6.45. The van der Waals surface area contributed by atoms with Gasteiger partial charge >= 0.3 is 0 Å². The number of carbonyl (C=O) groups excluding carboxylic acids is 1. The van der Waals surface area contributed by atoms with Gasteiger partial charge < -0.3 is 14.9 Å². The van der Waals surface area contributed by atoms with Crippen molar-refractivity contribution in [2.24, 2.45) is 11.1 Å². The lowest BCUT2D eigenvalue weighted by Crippen LogP contribution is -2.29. The minimum atomic E-state index is -0.311. The molecule has 164 valence electrons. The average molecular weight is 429 g/mol. The van der Waals surface area contributed by atoms with Crippen LogP contribution in [0.25, 0.3) is 0 Å². The van der Waals surface area contributed by atoms with Gasteiger partial charge in [0.1, 0.15) is 19.5 Å². The minimum absolute atomic E-state index is 0.221. The maximum absolute atomic E-state index is 12.2. The van der Waals surface area contributed by atoms with Crippen LogP contribution in [0.3, 0.4) is 0 Å². The van der Waals surface area contributed by atoms with Gasteiger partial charge in [0.05, 0.1) is 0 Å². The molecule has 1 amide bonds. The lowest BCUT2D eigenvalue weighted by Gasteiger charge is -2.18. The van der Waals surface area contributed by atoms with E-state index in [1.165, 1.54) is 23.8 Å². The molecule has 3 aromatic rings. The van der Waals surface area contributed by atoms with Gasteiger partial charge in [-0.05, 0) is 46.7 Å². The summed E-state index contributed by atoms with van der Waals surface area (Å²) in [6.07, 6.45) is 1.12. The molecule has 0 radical (unpaired) electrons. The van der Waals surface area contributed by atoms with Gasteiger partial charge in [0, 0.05) is 18.5 Å². The van der Waals surface area contributed by atoms with Gasteiger partial charge in [-0.1, -0.05) is 72.7 Å². The molecule has 2 unspecified atom stereocenters. The van der Waals surface area contributed by atoms with E-state index in [4.69, 9.17) is 9.57 Å². The number of amides is 1. The van der Waals surface area contributed by atoms with Crippen LogP contribution < -0.4 is 10.1 Å². The van der Waals surface area contributed by atoms with Crippen LogP contribution in [0.2, 0.25) is 0 Å². The normalized spacial score (nSPS) is 17.5. The summed E-state index contributed by atoms with van der Waals surface area (Å²) >= 11 is 0. The lowest BCUT2D eigenvalue weighted by atomic mass is 9.87. The van der Waals surface area contributed by atoms with Crippen LogP contribution in [0.5, 0.6) is 5.75 Å². The zero-order valence-corrected chi connectivity index (χ0v) is 18.7. The van der Waals surface area contributed by atoms with Crippen molar-refractivity contribution in [2.45, 2.75) is 25.9 Å². The number of nitrogens with one attached hydrogen (secondary N) is 1. The number of likely N-dealkylation sites (N-methyl/N-ethyl adjacent to an activating group) is 1. The summed E-state index contributed by atoms with van der Waals surface area (Å²) in [4.78, 5) is 17.1. The average Bonchev–Trinajstić information content (AvgIpc) is 3.17. The van der Waals surface area contributed by atoms with Crippen molar-refractivity contribution in [3.63, 3.8) is 0 Å². The van der Waals surface area contributed by atoms with Crippen molar-refractivity contribution in [3.8, 4) is 5.75 Å². The fourth-order valence-corrected chi connectivity index (χ4v) is 4.54. The van der Waals surface area contributed by atoms with Gasteiger partial charge in [0.15, 0.2) is 5.71 Å². The van der Waals surface area contributed by atoms with Crippen LogP contribution >= 0.6 is 0 Å². The van der Waals surface area contributed by atoms with Gasteiger partial charge in [-0.3, -0.25) is 4.79 Å². The van der Waals surface area contributed by atoms with E-state index < -0.39 is 0 Å². The molecule has 0 heterocycles. The molecule has 4 rings (SSSR count). The zero-order chi connectivity index (χ0) is 22.5. The quantitative estimate of drug-likeness (QED) is 0.439. The van der Waals surface area contributed by atoms with Crippen molar-refractivity contribution in [1.29, 1.82) is 0 Å². The Balaban J connectivity index is 1.51. The standard InChI is InChI=1S/C27H28N2O3/c1-18-16-20-8-4-6-10-23(20)25(18)19-12-14-22(15-13-19)32-17-21-9-5-7-11-24(21)26(29-31-3)27(30)28-2/h4-15,18,25H,16-17H2,1-3H3,(H,28,30). The Labute approximate surface area is 189 Å². The summed E-state index contributed by atoms with van der Waals surface area (Å²) in [5.74, 6) is 1.47. The van der Waals surface area contributed by atoms with E-state index in [9.17, 15) is 4.79 Å². The van der Waals surface area contributed by atoms with E-state index in [0.29, 0.717) is 24.0 Å². The second-order valence-corrected chi connectivity index (χ2v) is 8.07. The number of hydrogen-bond acceptors (Lipinski definition) is 4. The van der Waals surface area contributed by atoms with Crippen molar-refractivity contribution in [1.82, 2.24) is 5.32 Å². The first-order chi connectivity index (χ1) is 15.6. The molecule has 32 heavy (non-hydrogen) atoms. The Morgan fingerprint density at radius 2 is 1.75 bits per heavy atom. The molecule has 3 aromatic carbocycles. The molecule has 0 aliphatic heterocycles. The smallest absolute Gasteiger partial charge is 0.273 e. The molecule has 0 saturated carbocycles. The molecule has 0 saturated heterocycles. The van der Waals surface area contributed by atoms with Crippen LogP contribution in [0.4, 0.5) is 0 Å². The second kappa shape index (κ2) is 9.69. The van der Waals surface area contributed by atoms with E-state index in [-0.39, 0.29) is 11.6 Å². The minimum Gasteiger partial charge on any atom is -0.489 e. The summed E-state index contributed by atoms with van der Waals surface area (Å²) in [7, 11) is 2.99. The maximum atomic E-state index is 12.2. The fourth-order valence-electron chi connectivity index (χ4n) is 4.54. The molecule has 5 heteroatoms. The first-order valence-electron chi connectivity index (χ1n) is 10.8. The van der Waals surface area contributed by atoms with Crippen molar-refractivity contribution in [2.75, 3.05) is 14.2 Å². The van der Waals surface area contributed by atoms with Crippen LogP contribution in [-0.2, 0) is 22.7 Å². The molecule has 1 N–H and O–H groups in total. The summed E-state index contributed by atoms with van der Waals surface area (Å²) in [6, 6.07) is 24.6. The van der Waals surface area contributed by atoms with Gasteiger partial charge in [-0.2, -0.15) is 0 Å². The molecule has 0 aromatic heterocycles. The van der Waals surface area contributed by atoms with Gasteiger partial charge in [0.2, 0.25) is 0 Å². The van der Waals surface area contributed by atoms with E-state index in [0.717, 1.165) is 17.7 Å². The number of benzene rings is 3. The molecular formula is C27H28N2O3. The number of rotatable bonds is 7.